The molecule has 11 heteroatoms. The van der Waals surface area contributed by atoms with Crippen LogP contribution < -0.4 is 14.9 Å². The monoisotopic (exact) mass is 436 g/mol. The van der Waals surface area contributed by atoms with E-state index in [0.717, 1.165) is 6.07 Å². The summed E-state index contributed by atoms with van der Waals surface area (Å²) in [6.07, 6.45) is 1.47. The summed E-state index contributed by atoms with van der Waals surface area (Å²) < 4.78 is 37.6. The summed E-state index contributed by atoms with van der Waals surface area (Å²) in [4.78, 5) is 10.3. The first kappa shape index (κ1) is 23.1. The number of methoxy groups -OCH3 is 2. The number of anilines is 1. The van der Waals surface area contributed by atoms with Gasteiger partial charge in [0.15, 0.2) is 11.5 Å². The molecule has 2 aromatic rings. The Balaban J connectivity index is 2.40. The Morgan fingerprint density at radius 1 is 1.10 bits per heavy atom. The zero-order chi connectivity index (χ0) is 22.3. The van der Waals surface area contributed by atoms with Gasteiger partial charge in [0.05, 0.1) is 31.0 Å². The Bertz CT molecular complexity index is 1040. The zero-order valence-electron chi connectivity index (χ0n) is 17.2. The molecule has 0 aliphatic rings. The highest BCUT2D eigenvalue weighted by molar-refractivity contribution is 7.89. The highest BCUT2D eigenvalue weighted by atomic mass is 32.2. The van der Waals surface area contributed by atoms with E-state index in [0.29, 0.717) is 17.1 Å². The lowest BCUT2D eigenvalue weighted by atomic mass is 10.2. The second kappa shape index (κ2) is 10.0. The van der Waals surface area contributed by atoms with Crippen LogP contribution in [-0.4, -0.2) is 51.2 Å². The van der Waals surface area contributed by atoms with Gasteiger partial charge in [-0.1, -0.05) is 13.8 Å². The molecule has 0 atom stereocenters. The fourth-order valence-corrected chi connectivity index (χ4v) is 4.36. The number of non-ortho nitro benzene ring substituents is 1. The predicted molar refractivity (Wildman–Crippen MR) is 114 cm³/mol. The van der Waals surface area contributed by atoms with Crippen molar-refractivity contribution in [3.05, 3.63) is 52.1 Å². The summed E-state index contributed by atoms with van der Waals surface area (Å²) in [5, 5.41) is 15.2. The van der Waals surface area contributed by atoms with Crippen molar-refractivity contribution in [1.82, 2.24) is 4.31 Å². The summed E-state index contributed by atoms with van der Waals surface area (Å²) >= 11 is 0. The summed E-state index contributed by atoms with van der Waals surface area (Å²) in [7, 11) is -0.907. The number of nitrogens with one attached hydrogen (secondary N) is 1. The maximum atomic E-state index is 13.0. The number of sulfonamides is 1. The lowest BCUT2D eigenvalue weighted by Crippen LogP contribution is -2.31. The average molecular weight is 436 g/mol. The molecule has 2 aromatic carbocycles. The van der Waals surface area contributed by atoms with Crippen molar-refractivity contribution >= 4 is 27.6 Å². The van der Waals surface area contributed by atoms with E-state index < -0.39 is 14.9 Å². The van der Waals surface area contributed by atoms with Crippen LogP contribution in [0.5, 0.6) is 11.5 Å². The third-order valence-corrected chi connectivity index (χ3v) is 6.40. The Hall–Kier alpha value is -3.18. The normalized spacial score (nSPS) is 11.6. The molecule has 0 radical (unpaired) electrons. The number of nitrogens with zero attached hydrogens (tertiary/aromatic N) is 3. The lowest BCUT2D eigenvalue weighted by Gasteiger charge is -2.20. The van der Waals surface area contributed by atoms with Gasteiger partial charge in [-0.25, -0.2) is 8.42 Å². The average Bonchev–Trinajstić information content (AvgIpc) is 2.74. The largest absolute Gasteiger partial charge is 0.493 e. The molecule has 162 valence electrons. The molecule has 0 bridgehead atoms. The maximum absolute atomic E-state index is 13.0. The molecular weight excluding hydrogens is 412 g/mol. The van der Waals surface area contributed by atoms with E-state index in [-0.39, 0.29) is 29.4 Å². The molecule has 2 rings (SSSR count). The van der Waals surface area contributed by atoms with Crippen molar-refractivity contribution in [3.63, 3.8) is 0 Å². The van der Waals surface area contributed by atoms with Gasteiger partial charge < -0.3 is 9.47 Å². The van der Waals surface area contributed by atoms with Crippen LogP contribution in [0.25, 0.3) is 0 Å². The number of hydrogen-bond acceptors (Lipinski definition) is 8. The molecule has 0 amide bonds. The zero-order valence-corrected chi connectivity index (χ0v) is 18.0. The number of rotatable bonds is 10. The summed E-state index contributed by atoms with van der Waals surface area (Å²) in [5.41, 5.74) is 3.15. The van der Waals surface area contributed by atoms with Gasteiger partial charge in [0, 0.05) is 25.2 Å². The van der Waals surface area contributed by atoms with Crippen LogP contribution in [0.1, 0.15) is 19.4 Å². The van der Waals surface area contributed by atoms with E-state index >= 15 is 0 Å². The molecule has 0 spiro atoms. The third kappa shape index (κ3) is 5.05. The number of nitro groups is 1. The van der Waals surface area contributed by atoms with Gasteiger partial charge in [-0.15, -0.1) is 0 Å². The SMILES string of the molecule is CCN(CC)S(=O)(=O)c1cc([N+](=O)[O-])ccc1NN=Cc1ccc(OC)c(OC)c1. The molecule has 10 nitrogen and oxygen atoms in total. The van der Waals surface area contributed by atoms with E-state index in [9.17, 15) is 18.5 Å². The minimum absolute atomic E-state index is 0.129. The van der Waals surface area contributed by atoms with Crippen LogP contribution in [0.3, 0.4) is 0 Å². The fourth-order valence-electron chi connectivity index (χ4n) is 2.74. The molecule has 0 aliphatic heterocycles. The molecule has 0 aromatic heterocycles. The minimum Gasteiger partial charge on any atom is -0.493 e. The van der Waals surface area contributed by atoms with Gasteiger partial charge in [0.1, 0.15) is 4.90 Å². The lowest BCUT2D eigenvalue weighted by molar-refractivity contribution is -0.385. The Labute approximate surface area is 175 Å². The van der Waals surface area contributed by atoms with Gasteiger partial charge in [0.25, 0.3) is 5.69 Å². The quantitative estimate of drug-likeness (QED) is 0.345. The van der Waals surface area contributed by atoms with Crippen molar-refractivity contribution in [2.45, 2.75) is 18.7 Å². The molecule has 0 saturated heterocycles. The van der Waals surface area contributed by atoms with Crippen LogP contribution in [0.2, 0.25) is 0 Å². The fraction of sp³-hybridized carbons (Fsp3) is 0.316. The minimum atomic E-state index is -3.95. The smallest absolute Gasteiger partial charge is 0.270 e. The topological polar surface area (TPSA) is 123 Å². The number of hydrazone groups is 1. The van der Waals surface area contributed by atoms with Gasteiger partial charge in [0.2, 0.25) is 10.0 Å². The molecule has 0 saturated carbocycles. The van der Waals surface area contributed by atoms with Crippen LogP contribution in [0.15, 0.2) is 46.4 Å². The Morgan fingerprint density at radius 3 is 2.33 bits per heavy atom. The van der Waals surface area contributed by atoms with Crippen LogP contribution in [0, 0.1) is 10.1 Å². The predicted octanol–water partition coefficient (Wildman–Crippen LogP) is 3.09. The number of benzene rings is 2. The summed E-state index contributed by atoms with van der Waals surface area (Å²) in [6.45, 7) is 3.85. The van der Waals surface area contributed by atoms with E-state index in [2.05, 4.69) is 10.5 Å². The first-order valence-corrected chi connectivity index (χ1v) is 10.5. The van der Waals surface area contributed by atoms with Crippen molar-refractivity contribution in [2.24, 2.45) is 5.10 Å². The number of hydrogen-bond donors (Lipinski definition) is 1. The van der Waals surface area contributed by atoms with E-state index in [4.69, 9.17) is 9.47 Å². The second-order valence-corrected chi connectivity index (χ2v) is 7.92. The standard InChI is InChI=1S/C19H24N4O6S/c1-5-22(6-2)30(26,27)19-12-15(23(24)25)8-9-16(19)21-20-13-14-7-10-17(28-3)18(11-14)29-4/h7-13,21H,5-6H2,1-4H3. The highest BCUT2D eigenvalue weighted by Gasteiger charge is 2.27. The Morgan fingerprint density at radius 2 is 1.77 bits per heavy atom. The number of nitro benzene ring substituents is 1. The van der Waals surface area contributed by atoms with Crippen LogP contribution in [0.4, 0.5) is 11.4 Å². The molecule has 0 aliphatic carbocycles. The van der Waals surface area contributed by atoms with Crippen LogP contribution in [-0.2, 0) is 10.0 Å². The van der Waals surface area contributed by atoms with Gasteiger partial charge in [-0.3, -0.25) is 15.5 Å². The summed E-state index contributed by atoms with van der Waals surface area (Å²) in [6, 6.07) is 8.73. The van der Waals surface area contributed by atoms with Gasteiger partial charge in [-0.2, -0.15) is 9.41 Å². The highest BCUT2D eigenvalue weighted by Crippen LogP contribution is 2.29. The maximum Gasteiger partial charge on any atom is 0.270 e. The molecule has 0 fully saturated rings. The second-order valence-electron chi connectivity index (χ2n) is 6.01. The van der Waals surface area contributed by atoms with E-state index in [1.54, 1.807) is 32.0 Å². The van der Waals surface area contributed by atoms with Crippen molar-refractivity contribution in [3.8, 4) is 11.5 Å². The van der Waals surface area contributed by atoms with Gasteiger partial charge >= 0.3 is 0 Å². The van der Waals surface area contributed by atoms with Crippen molar-refractivity contribution < 1.29 is 22.8 Å². The summed E-state index contributed by atoms with van der Waals surface area (Å²) in [5.74, 6) is 1.08. The number of ether oxygens (including phenoxy) is 2. The molecule has 30 heavy (non-hydrogen) atoms. The van der Waals surface area contributed by atoms with Crippen molar-refractivity contribution in [2.75, 3.05) is 32.7 Å². The van der Waals surface area contributed by atoms with E-state index in [1.807, 2.05) is 0 Å². The first-order chi connectivity index (χ1) is 14.3. The molecule has 0 heterocycles. The molecule has 0 unspecified atom stereocenters. The Kier molecular flexibility index (Phi) is 7.72. The van der Waals surface area contributed by atoms with Crippen LogP contribution >= 0.6 is 0 Å². The van der Waals surface area contributed by atoms with Gasteiger partial charge in [-0.05, 0) is 29.8 Å². The first-order valence-electron chi connectivity index (χ1n) is 9.08. The molecular formula is C19H24N4O6S. The molecule has 1 N–H and O–H groups in total. The third-order valence-electron chi connectivity index (χ3n) is 4.31. The van der Waals surface area contributed by atoms with E-state index in [1.165, 1.54) is 36.9 Å². The van der Waals surface area contributed by atoms with Crippen molar-refractivity contribution in [1.29, 1.82) is 0 Å².